The van der Waals surface area contributed by atoms with E-state index in [0.29, 0.717) is 0 Å². The average molecular weight is 223 g/mol. The van der Waals surface area contributed by atoms with Crippen LogP contribution >= 0.6 is 11.6 Å². The molecule has 74 valence electrons. The van der Waals surface area contributed by atoms with Crippen LogP contribution in [0.1, 0.15) is 5.69 Å². The Morgan fingerprint density at radius 1 is 1.50 bits per heavy atom. The van der Waals surface area contributed by atoms with Crippen LogP contribution in [0.25, 0.3) is 0 Å². The smallest absolute Gasteiger partial charge is 0.403 e. The summed E-state index contributed by atoms with van der Waals surface area (Å²) in [6.45, 7) is 0. The highest BCUT2D eigenvalue weighted by molar-refractivity contribution is 6.32. The number of aromatic nitrogens is 1. The van der Waals surface area contributed by atoms with Gasteiger partial charge in [0.1, 0.15) is 11.8 Å². The largest absolute Gasteiger partial charge is 0.573 e. The van der Waals surface area contributed by atoms with Gasteiger partial charge in [0.25, 0.3) is 0 Å². The first-order chi connectivity index (χ1) is 6.42. The molecule has 0 radical (unpaired) electrons. The summed E-state index contributed by atoms with van der Waals surface area (Å²) in [6, 6.07) is 2.61. The summed E-state index contributed by atoms with van der Waals surface area (Å²) in [5.74, 6) is -0.627. The summed E-state index contributed by atoms with van der Waals surface area (Å²) in [5.41, 5.74) is -0.0791. The predicted octanol–water partition coefficient (Wildman–Crippen LogP) is 2.51. The lowest BCUT2D eigenvalue weighted by atomic mass is 10.3. The molecule has 1 heterocycles. The molecule has 0 saturated heterocycles. The maximum absolute atomic E-state index is 11.7. The van der Waals surface area contributed by atoms with E-state index in [1.165, 1.54) is 0 Å². The van der Waals surface area contributed by atoms with Gasteiger partial charge in [-0.3, -0.25) is 0 Å². The molecule has 1 aromatic heterocycles. The van der Waals surface area contributed by atoms with Crippen LogP contribution in [-0.4, -0.2) is 11.3 Å². The SMILES string of the molecule is N#Cc1cc(Cl)c(OC(F)(F)F)cn1. The van der Waals surface area contributed by atoms with Crippen molar-refractivity contribution < 1.29 is 17.9 Å². The minimum atomic E-state index is -4.82. The van der Waals surface area contributed by atoms with Crippen LogP contribution in [-0.2, 0) is 0 Å². The summed E-state index contributed by atoms with van der Waals surface area (Å²) in [7, 11) is 0. The second-order valence-corrected chi connectivity index (χ2v) is 2.57. The van der Waals surface area contributed by atoms with Crippen LogP contribution in [0.15, 0.2) is 12.3 Å². The zero-order valence-electron chi connectivity index (χ0n) is 6.47. The first-order valence-electron chi connectivity index (χ1n) is 3.24. The number of hydrogen-bond donors (Lipinski definition) is 0. The van der Waals surface area contributed by atoms with Gasteiger partial charge in [0.05, 0.1) is 11.2 Å². The summed E-state index contributed by atoms with van der Waals surface area (Å²) in [6.07, 6.45) is -4.08. The monoisotopic (exact) mass is 222 g/mol. The number of pyridine rings is 1. The van der Waals surface area contributed by atoms with Gasteiger partial charge in [-0.15, -0.1) is 13.2 Å². The molecule has 0 bridgehead atoms. The van der Waals surface area contributed by atoms with Crippen molar-refractivity contribution in [1.29, 1.82) is 5.26 Å². The Morgan fingerprint density at radius 2 is 2.14 bits per heavy atom. The first-order valence-corrected chi connectivity index (χ1v) is 3.61. The normalized spacial score (nSPS) is 10.8. The maximum Gasteiger partial charge on any atom is 0.573 e. The maximum atomic E-state index is 11.7. The number of rotatable bonds is 1. The van der Waals surface area contributed by atoms with Gasteiger partial charge >= 0.3 is 6.36 Å². The van der Waals surface area contributed by atoms with Crippen molar-refractivity contribution in [1.82, 2.24) is 4.98 Å². The summed E-state index contributed by atoms with van der Waals surface area (Å²) < 4.78 is 38.7. The Hall–Kier alpha value is -1.48. The van der Waals surface area contributed by atoms with Crippen molar-refractivity contribution in [3.05, 3.63) is 23.0 Å². The first kappa shape index (κ1) is 10.6. The molecule has 0 aromatic carbocycles. The van der Waals surface area contributed by atoms with Gasteiger partial charge in [-0.05, 0) is 6.07 Å². The highest BCUT2D eigenvalue weighted by Gasteiger charge is 2.32. The average Bonchev–Trinajstić information content (AvgIpc) is 2.06. The lowest BCUT2D eigenvalue weighted by Gasteiger charge is -2.09. The molecule has 0 fully saturated rings. The van der Waals surface area contributed by atoms with E-state index < -0.39 is 12.1 Å². The highest BCUT2D eigenvalue weighted by Crippen LogP contribution is 2.29. The Bertz CT molecular complexity index is 386. The Kier molecular flexibility index (Phi) is 2.81. The quantitative estimate of drug-likeness (QED) is 0.733. The molecule has 14 heavy (non-hydrogen) atoms. The van der Waals surface area contributed by atoms with Gasteiger partial charge in [0.15, 0.2) is 5.75 Å². The minimum Gasteiger partial charge on any atom is -0.403 e. The minimum absolute atomic E-state index is 0.0791. The van der Waals surface area contributed by atoms with Crippen LogP contribution in [0, 0.1) is 11.3 Å². The molecule has 1 rings (SSSR count). The molecule has 0 spiro atoms. The van der Waals surface area contributed by atoms with Gasteiger partial charge in [0, 0.05) is 0 Å². The van der Waals surface area contributed by atoms with Gasteiger partial charge in [-0.1, -0.05) is 11.6 Å². The summed E-state index contributed by atoms with van der Waals surface area (Å²) >= 11 is 5.40. The van der Waals surface area contributed by atoms with Crippen molar-refractivity contribution in [2.45, 2.75) is 6.36 Å². The van der Waals surface area contributed by atoms with Gasteiger partial charge in [-0.2, -0.15) is 5.26 Å². The Labute approximate surface area is 81.7 Å². The number of hydrogen-bond acceptors (Lipinski definition) is 3. The van der Waals surface area contributed by atoms with Crippen molar-refractivity contribution in [2.24, 2.45) is 0 Å². The van der Waals surface area contributed by atoms with E-state index >= 15 is 0 Å². The standard InChI is InChI=1S/C7H2ClF3N2O/c8-5-1-4(2-12)13-3-6(5)14-7(9,10)11/h1,3H. The number of alkyl halides is 3. The second kappa shape index (κ2) is 3.72. The molecule has 0 aliphatic carbocycles. The van der Waals surface area contributed by atoms with Gasteiger partial charge < -0.3 is 4.74 Å². The fourth-order valence-corrected chi connectivity index (χ4v) is 0.870. The topological polar surface area (TPSA) is 45.9 Å². The van der Waals surface area contributed by atoms with E-state index in [1.807, 2.05) is 0 Å². The summed E-state index contributed by atoms with van der Waals surface area (Å²) in [4.78, 5) is 3.37. The van der Waals surface area contributed by atoms with Crippen molar-refractivity contribution in [3.63, 3.8) is 0 Å². The molecule has 1 aromatic rings. The molecular formula is C7H2ClF3N2O. The Balaban J connectivity index is 2.97. The molecule has 0 unspecified atom stereocenters. The zero-order valence-corrected chi connectivity index (χ0v) is 7.23. The fourth-order valence-electron chi connectivity index (χ4n) is 0.679. The van der Waals surface area contributed by atoms with E-state index in [9.17, 15) is 13.2 Å². The number of nitrogens with zero attached hydrogens (tertiary/aromatic N) is 2. The number of ether oxygens (including phenoxy) is 1. The van der Waals surface area contributed by atoms with Crippen LogP contribution in [0.3, 0.4) is 0 Å². The molecule has 3 nitrogen and oxygen atoms in total. The van der Waals surface area contributed by atoms with E-state index in [0.717, 1.165) is 12.3 Å². The van der Waals surface area contributed by atoms with Crippen LogP contribution in [0.2, 0.25) is 5.02 Å². The lowest BCUT2D eigenvalue weighted by Crippen LogP contribution is -2.17. The third-order valence-electron chi connectivity index (χ3n) is 1.16. The third kappa shape index (κ3) is 2.78. The van der Waals surface area contributed by atoms with E-state index in [1.54, 1.807) is 6.07 Å². The van der Waals surface area contributed by atoms with Gasteiger partial charge in [0.2, 0.25) is 0 Å². The third-order valence-corrected chi connectivity index (χ3v) is 1.46. The molecule has 0 amide bonds. The van der Waals surface area contributed by atoms with Crippen molar-refractivity contribution >= 4 is 11.6 Å². The molecule has 7 heteroatoms. The molecule has 0 saturated carbocycles. The second-order valence-electron chi connectivity index (χ2n) is 2.16. The number of halogens is 4. The van der Waals surface area contributed by atoms with E-state index in [-0.39, 0.29) is 10.7 Å². The molecule has 0 atom stereocenters. The molecule has 0 aliphatic heterocycles. The molecule has 0 aliphatic rings. The summed E-state index contributed by atoms with van der Waals surface area (Å²) in [5, 5.41) is 8.04. The van der Waals surface area contributed by atoms with Crippen LogP contribution < -0.4 is 4.74 Å². The molecular weight excluding hydrogens is 221 g/mol. The Morgan fingerprint density at radius 3 is 2.57 bits per heavy atom. The van der Waals surface area contributed by atoms with Crippen LogP contribution in [0.5, 0.6) is 5.75 Å². The zero-order chi connectivity index (χ0) is 10.8. The van der Waals surface area contributed by atoms with Crippen molar-refractivity contribution in [2.75, 3.05) is 0 Å². The highest BCUT2D eigenvalue weighted by atomic mass is 35.5. The fraction of sp³-hybridized carbons (Fsp3) is 0.143. The van der Waals surface area contributed by atoms with Crippen molar-refractivity contribution in [3.8, 4) is 11.8 Å². The molecule has 0 N–H and O–H groups in total. The van der Waals surface area contributed by atoms with E-state index in [2.05, 4.69) is 9.72 Å². The lowest BCUT2D eigenvalue weighted by molar-refractivity contribution is -0.274. The predicted molar refractivity (Wildman–Crippen MR) is 40.6 cm³/mol. The van der Waals surface area contributed by atoms with Gasteiger partial charge in [-0.25, -0.2) is 4.98 Å². The van der Waals surface area contributed by atoms with E-state index in [4.69, 9.17) is 16.9 Å². The van der Waals surface area contributed by atoms with Crippen LogP contribution in [0.4, 0.5) is 13.2 Å². The number of nitriles is 1.